The number of nitrogens with one attached hydrogen (secondary N) is 2. The molecule has 0 aliphatic heterocycles. The summed E-state index contributed by atoms with van der Waals surface area (Å²) in [6.07, 6.45) is 1.42. The summed E-state index contributed by atoms with van der Waals surface area (Å²) in [5.74, 6) is -0.603. The third kappa shape index (κ3) is 2.93. The molecule has 0 saturated heterocycles. The second-order valence-electron chi connectivity index (χ2n) is 2.64. The van der Waals surface area contributed by atoms with Gasteiger partial charge in [0.25, 0.3) is 0 Å². The van der Waals surface area contributed by atoms with Gasteiger partial charge in [0.15, 0.2) is 5.69 Å². The molecule has 1 heterocycles. The first-order valence-electron chi connectivity index (χ1n) is 4.13. The quantitative estimate of drug-likeness (QED) is 0.414. The van der Waals surface area contributed by atoms with E-state index in [0.29, 0.717) is 0 Å². The summed E-state index contributed by atoms with van der Waals surface area (Å²) in [7, 11) is 1.28. The fourth-order valence-electron chi connectivity index (χ4n) is 0.949. The van der Waals surface area contributed by atoms with E-state index >= 15 is 0 Å². The summed E-state index contributed by atoms with van der Waals surface area (Å²) in [5.41, 5.74) is 0.254. The second kappa shape index (κ2) is 4.94. The highest BCUT2D eigenvalue weighted by molar-refractivity contribution is 5.70. The Bertz CT molecular complexity index is 362. The smallest absolute Gasteiger partial charge is 0.366 e. The van der Waals surface area contributed by atoms with Crippen molar-refractivity contribution in [3.8, 4) is 0 Å². The molecule has 8 nitrogen and oxygen atoms in total. The molecule has 0 aliphatic rings. The SMILES string of the molecule is COC(=O)CCNc1cn[nH]c1[N+](=O)[O-]. The van der Waals surface area contributed by atoms with Crippen LogP contribution >= 0.6 is 0 Å². The average Bonchev–Trinajstić information content (AvgIpc) is 2.65. The van der Waals surface area contributed by atoms with Crippen molar-refractivity contribution in [1.82, 2.24) is 10.2 Å². The molecule has 0 radical (unpaired) electrons. The molecule has 8 heteroatoms. The van der Waals surface area contributed by atoms with Crippen LogP contribution in [0.4, 0.5) is 11.5 Å². The number of carbonyl (C=O) groups excluding carboxylic acids is 1. The molecule has 0 aliphatic carbocycles. The Hall–Kier alpha value is -2.12. The molecule has 0 amide bonds. The zero-order valence-electron chi connectivity index (χ0n) is 8.02. The summed E-state index contributed by atoms with van der Waals surface area (Å²) in [6, 6.07) is 0. The molecule has 0 unspecified atom stereocenters. The van der Waals surface area contributed by atoms with E-state index in [4.69, 9.17) is 0 Å². The molecule has 0 spiro atoms. The molecule has 82 valence electrons. The first-order chi connectivity index (χ1) is 7.15. The van der Waals surface area contributed by atoms with Crippen LogP contribution in [0.3, 0.4) is 0 Å². The van der Waals surface area contributed by atoms with Crippen molar-refractivity contribution in [3.63, 3.8) is 0 Å². The lowest BCUT2D eigenvalue weighted by Gasteiger charge is -2.02. The molecule has 1 aromatic rings. The maximum absolute atomic E-state index is 10.7. The number of aromatic amines is 1. The summed E-state index contributed by atoms with van der Waals surface area (Å²) in [6.45, 7) is 0.257. The summed E-state index contributed by atoms with van der Waals surface area (Å²) >= 11 is 0. The van der Waals surface area contributed by atoms with Gasteiger partial charge in [-0.05, 0) is 4.92 Å². The average molecular weight is 214 g/mol. The second-order valence-corrected chi connectivity index (χ2v) is 2.64. The van der Waals surface area contributed by atoms with E-state index in [1.807, 2.05) is 0 Å². The minimum atomic E-state index is -0.590. The Balaban J connectivity index is 2.47. The Morgan fingerprint density at radius 3 is 3.13 bits per heavy atom. The molecule has 0 aromatic carbocycles. The topological polar surface area (TPSA) is 110 Å². The van der Waals surface area contributed by atoms with Crippen LogP contribution in [0.2, 0.25) is 0 Å². The van der Waals surface area contributed by atoms with Gasteiger partial charge in [-0.25, -0.2) is 0 Å². The van der Waals surface area contributed by atoms with Gasteiger partial charge in [0.05, 0.1) is 13.5 Å². The predicted molar refractivity (Wildman–Crippen MR) is 50.4 cm³/mol. The van der Waals surface area contributed by atoms with Crippen LogP contribution in [0.5, 0.6) is 0 Å². The van der Waals surface area contributed by atoms with E-state index in [1.54, 1.807) is 0 Å². The zero-order valence-corrected chi connectivity index (χ0v) is 8.02. The third-order valence-corrected chi connectivity index (χ3v) is 1.67. The van der Waals surface area contributed by atoms with Gasteiger partial charge in [-0.2, -0.15) is 0 Å². The van der Waals surface area contributed by atoms with E-state index in [-0.39, 0.29) is 30.4 Å². The number of esters is 1. The van der Waals surface area contributed by atoms with Gasteiger partial charge < -0.3 is 20.2 Å². The van der Waals surface area contributed by atoms with Crippen LogP contribution in [0.15, 0.2) is 6.20 Å². The van der Waals surface area contributed by atoms with Crippen molar-refractivity contribution in [3.05, 3.63) is 16.3 Å². The molecule has 0 fully saturated rings. The van der Waals surface area contributed by atoms with Crippen LogP contribution < -0.4 is 5.32 Å². The van der Waals surface area contributed by atoms with Gasteiger partial charge in [-0.3, -0.25) is 4.79 Å². The lowest BCUT2D eigenvalue weighted by Crippen LogP contribution is -2.10. The molecular formula is C7H10N4O4. The highest BCUT2D eigenvalue weighted by atomic mass is 16.6. The number of aromatic nitrogens is 2. The van der Waals surface area contributed by atoms with Gasteiger partial charge >= 0.3 is 11.8 Å². The lowest BCUT2D eigenvalue weighted by atomic mass is 10.4. The van der Waals surface area contributed by atoms with Crippen molar-refractivity contribution in [2.24, 2.45) is 0 Å². The fraction of sp³-hybridized carbons (Fsp3) is 0.429. The number of methoxy groups -OCH3 is 1. The Morgan fingerprint density at radius 2 is 2.53 bits per heavy atom. The van der Waals surface area contributed by atoms with Gasteiger partial charge in [-0.1, -0.05) is 5.10 Å². The molecule has 1 aromatic heterocycles. The van der Waals surface area contributed by atoms with Gasteiger partial charge in [-0.15, -0.1) is 5.10 Å². The summed E-state index contributed by atoms with van der Waals surface area (Å²) in [4.78, 5) is 20.6. The van der Waals surface area contributed by atoms with Crippen LogP contribution in [0.1, 0.15) is 6.42 Å². The van der Waals surface area contributed by atoms with Gasteiger partial charge in [0, 0.05) is 6.54 Å². The van der Waals surface area contributed by atoms with Gasteiger partial charge in [0.1, 0.15) is 6.20 Å². The van der Waals surface area contributed by atoms with Crippen LogP contribution in [0.25, 0.3) is 0 Å². The minimum Gasteiger partial charge on any atom is -0.469 e. The van der Waals surface area contributed by atoms with Crippen molar-refractivity contribution < 1.29 is 14.5 Å². The van der Waals surface area contributed by atoms with Crippen LogP contribution in [-0.4, -0.2) is 34.7 Å². The molecule has 0 saturated carbocycles. The Labute approximate surface area is 84.8 Å². The number of carbonyl (C=O) groups is 1. The molecule has 2 N–H and O–H groups in total. The maximum Gasteiger partial charge on any atom is 0.366 e. The van der Waals surface area contributed by atoms with Crippen molar-refractivity contribution >= 4 is 17.5 Å². The standard InChI is InChI=1S/C7H10N4O4/c1-15-6(12)2-3-8-5-4-9-10-7(5)11(13)14/h4,8H,2-3H2,1H3,(H,9,10). The monoisotopic (exact) mass is 214 g/mol. The van der Waals surface area contributed by atoms with Crippen molar-refractivity contribution in [2.75, 3.05) is 19.0 Å². The zero-order chi connectivity index (χ0) is 11.3. The number of H-pyrrole nitrogens is 1. The van der Waals surface area contributed by atoms with Crippen molar-refractivity contribution in [1.29, 1.82) is 0 Å². The maximum atomic E-state index is 10.7. The lowest BCUT2D eigenvalue weighted by molar-refractivity contribution is -0.388. The first kappa shape index (κ1) is 11.0. The number of hydrogen-bond acceptors (Lipinski definition) is 6. The van der Waals surface area contributed by atoms with E-state index < -0.39 is 4.92 Å². The summed E-state index contributed by atoms with van der Waals surface area (Å²) < 4.78 is 4.41. The number of rotatable bonds is 5. The predicted octanol–water partition coefficient (Wildman–Crippen LogP) is 0.293. The summed E-state index contributed by atoms with van der Waals surface area (Å²) in [5, 5.41) is 18.9. The van der Waals surface area contributed by atoms with Crippen LogP contribution in [-0.2, 0) is 9.53 Å². The van der Waals surface area contributed by atoms with Crippen LogP contribution in [0, 0.1) is 10.1 Å². The number of anilines is 1. The van der Waals surface area contributed by atoms with E-state index in [2.05, 4.69) is 20.3 Å². The number of ether oxygens (including phenoxy) is 1. The highest BCUT2D eigenvalue weighted by Gasteiger charge is 2.14. The molecule has 0 atom stereocenters. The molecule has 0 bridgehead atoms. The van der Waals surface area contributed by atoms with E-state index in [0.717, 1.165) is 0 Å². The highest BCUT2D eigenvalue weighted by Crippen LogP contribution is 2.19. The largest absolute Gasteiger partial charge is 0.469 e. The molecule has 1 rings (SSSR count). The molecule has 15 heavy (non-hydrogen) atoms. The van der Waals surface area contributed by atoms with E-state index in [1.165, 1.54) is 13.3 Å². The number of nitrogens with zero attached hydrogens (tertiary/aromatic N) is 2. The first-order valence-corrected chi connectivity index (χ1v) is 4.13. The normalized spacial score (nSPS) is 9.67. The fourth-order valence-corrected chi connectivity index (χ4v) is 0.949. The van der Waals surface area contributed by atoms with Gasteiger partial charge in [0.2, 0.25) is 0 Å². The Morgan fingerprint density at radius 1 is 1.80 bits per heavy atom. The third-order valence-electron chi connectivity index (χ3n) is 1.67. The molecular weight excluding hydrogens is 204 g/mol. The number of hydrogen-bond donors (Lipinski definition) is 2. The number of nitro groups is 1. The minimum absolute atomic E-state index is 0.138. The Kier molecular flexibility index (Phi) is 3.61. The van der Waals surface area contributed by atoms with Crippen molar-refractivity contribution in [2.45, 2.75) is 6.42 Å². The van der Waals surface area contributed by atoms with E-state index in [9.17, 15) is 14.9 Å².